The summed E-state index contributed by atoms with van der Waals surface area (Å²) in [6, 6.07) is 17.0. The minimum absolute atomic E-state index is 0.361. The Bertz CT molecular complexity index is 867. The molecule has 0 unspecified atom stereocenters. The van der Waals surface area contributed by atoms with Gasteiger partial charge in [0.25, 0.3) is 0 Å². The maximum atomic E-state index is 11.5. The zero-order chi connectivity index (χ0) is 15.4. The average Bonchev–Trinajstić information content (AvgIpc) is 2.60. The van der Waals surface area contributed by atoms with E-state index in [0.29, 0.717) is 22.5 Å². The van der Waals surface area contributed by atoms with Gasteiger partial charge in [-0.2, -0.15) is 0 Å². The lowest BCUT2D eigenvalue weighted by Crippen LogP contribution is -1.97. The van der Waals surface area contributed by atoms with Gasteiger partial charge in [0, 0.05) is 17.2 Å². The molecule has 2 aromatic heterocycles. The Morgan fingerprint density at radius 3 is 2.55 bits per heavy atom. The molecular formula is C19H13N2O. The molecule has 0 saturated carbocycles. The predicted molar refractivity (Wildman–Crippen MR) is 88.7 cm³/mol. The lowest BCUT2D eigenvalue weighted by atomic mass is 10.0. The van der Waals surface area contributed by atoms with Crippen LogP contribution in [0.3, 0.4) is 0 Å². The van der Waals surface area contributed by atoms with Crippen LogP contribution in [0.4, 0.5) is 0 Å². The van der Waals surface area contributed by atoms with Crippen molar-refractivity contribution in [2.24, 2.45) is 0 Å². The third kappa shape index (κ3) is 2.56. The monoisotopic (exact) mass is 285 g/mol. The van der Waals surface area contributed by atoms with E-state index in [0.717, 1.165) is 10.9 Å². The van der Waals surface area contributed by atoms with Crippen LogP contribution in [-0.4, -0.2) is 16.3 Å². The maximum absolute atomic E-state index is 11.5. The van der Waals surface area contributed by atoms with Gasteiger partial charge in [0.1, 0.15) is 0 Å². The number of hydrogen-bond donors (Lipinski definition) is 0. The number of pyridine rings is 2. The van der Waals surface area contributed by atoms with Gasteiger partial charge in [-0.1, -0.05) is 43.0 Å². The fourth-order valence-corrected chi connectivity index (χ4v) is 2.31. The van der Waals surface area contributed by atoms with Crippen LogP contribution in [0.1, 0.15) is 11.4 Å². The molecule has 0 aliphatic carbocycles. The lowest BCUT2D eigenvalue weighted by Gasteiger charge is -2.07. The minimum Gasteiger partial charge on any atom is -0.285 e. The maximum Gasteiger partial charge on any atom is 0.236 e. The second-order valence-corrected chi connectivity index (χ2v) is 4.70. The van der Waals surface area contributed by atoms with Crippen molar-refractivity contribution in [1.82, 2.24) is 9.97 Å². The first kappa shape index (κ1) is 13.9. The molecule has 0 aliphatic rings. The van der Waals surface area contributed by atoms with Crippen LogP contribution in [0.5, 0.6) is 0 Å². The van der Waals surface area contributed by atoms with E-state index >= 15 is 0 Å². The van der Waals surface area contributed by atoms with E-state index in [2.05, 4.69) is 16.5 Å². The summed E-state index contributed by atoms with van der Waals surface area (Å²) in [7, 11) is 0. The van der Waals surface area contributed by atoms with E-state index < -0.39 is 0 Å². The third-order valence-corrected chi connectivity index (χ3v) is 3.37. The van der Waals surface area contributed by atoms with Crippen molar-refractivity contribution in [1.29, 1.82) is 0 Å². The summed E-state index contributed by atoms with van der Waals surface area (Å²) < 4.78 is 0. The molecule has 1 radical (unpaired) electrons. The van der Waals surface area contributed by atoms with Crippen molar-refractivity contribution < 1.29 is 4.79 Å². The van der Waals surface area contributed by atoms with Crippen LogP contribution >= 0.6 is 0 Å². The molecule has 105 valence electrons. The largest absolute Gasteiger partial charge is 0.285 e. The van der Waals surface area contributed by atoms with Gasteiger partial charge in [-0.15, -0.1) is 0 Å². The van der Waals surface area contributed by atoms with E-state index in [1.165, 1.54) is 0 Å². The zero-order valence-electron chi connectivity index (χ0n) is 11.9. The average molecular weight is 285 g/mol. The number of nitrogens with zero attached hydrogens (tertiary/aromatic N) is 2. The summed E-state index contributed by atoms with van der Waals surface area (Å²) >= 11 is 0. The standard InChI is InChI=1S/C19H13N2O/c1-2-15(18-9-5-6-12-20-18)16(13-22)19-11-10-14-7-3-4-8-17(14)21-19/h2-12H,1H2/b16-15-. The van der Waals surface area contributed by atoms with Gasteiger partial charge in [-0.05, 0) is 24.3 Å². The Labute approximate surface area is 128 Å². The Morgan fingerprint density at radius 2 is 1.82 bits per heavy atom. The molecular weight excluding hydrogens is 272 g/mol. The molecule has 0 saturated heterocycles. The highest BCUT2D eigenvalue weighted by Gasteiger charge is 2.12. The molecule has 3 rings (SSSR count). The molecule has 1 aromatic carbocycles. The van der Waals surface area contributed by atoms with Gasteiger partial charge in [0.15, 0.2) is 0 Å². The Morgan fingerprint density at radius 1 is 1.00 bits per heavy atom. The summed E-state index contributed by atoms with van der Waals surface area (Å²) in [5.74, 6) is 0. The van der Waals surface area contributed by atoms with Crippen molar-refractivity contribution in [3.63, 3.8) is 0 Å². The first-order valence-corrected chi connectivity index (χ1v) is 6.86. The fourth-order valence-electron chi connectivity index (χ4n) is 2.31. The van der Waals surface area contributed by atoms with Crippen LogP contribution in [0.15, 0.2) is 73.4 Å². The van der Waals surface area contributed by atoms with Gasteiger partial charge in [-0.3, -0.25) is 9.78 Å². The quantitative estimate of drug-likeness (QED) is 0.540. The van der Waals surface area contributed by atoms with E-state index in [4.69, 9.17) is 0 Å². The molecule has 3 heteroatoms. The van der Waals surface area contributed by atoms with Crippen molar-refractivity contribution >= 4 is 28.3 Å². The number of carbonyl (C=O) groups excluding carboxylic acids is 1. The highest BCUT2D eigenvalue weighted by Crippen LogP contribution is 2.25. The number of allylic oxidation sites excluding steroid dienone is 3. The van der Waals surface area contributed by atoms with Gasteiger partial charge < -0.3 is 0 Å². The van der Waals surface area contributed by atoms with Crippen LogP contribution in [0, 0.1) is 0 Å². The number of para-hydroxylation sites is 1. The predicted octanol–water partition coefficient (Wildman–Crippen LogP) is 3.84. The van der Waals surface area contributed by atoms with Crippen molar-refractivity contribution in [2.45, 2.75) is 0 Å². The number of aromatic nitrogens is 2. The molecule has 0 N–H and O–H groups in total. The smallest absolute Gasteiger partial charge is 0.236 e. The summed E-state index contributed by atoms with van der Waals surface area (Å²) in [5, 5.41) is 1.02. The molecule has 22 heavy (non-hydrogen) atoms. The Balaban J connectivity index is 2.21. The topological polar surface area (TPSA) is 42.9 Å². The third-order valence-electron chi connectivity index (χ3n) is 3.37. The Hall–Kier alpha value is -3.07. The summed E-state index contributed by atoms with van der Waals surface area (Å²) in [4.78, 5) is 20.3. The molecule has 0 bridgehead atoms. The van der Waals surface area contributed by atoms with Gasteiger partial charge in [-0.25, -0.2) is 4.98 Å². The molecule has 0 amide bonds. The van der Waals surface area contributed by atoms with E-state index in [1.54, 1.807) is 12.3 Å². The molecule has 0 spiro atoms. The molecule has 3 nitrogen and oxygen atoms in total. The van der Waals surface area contributed by atoms with Crippen molar-refractivity contribution in [3.8, 4) is 0 Å². The molecule has 0 fully saturated rings. The highest BCUT2D eigenvalue weighted by molar-refractivity contribution is 6.18. The minimum atomic E-state index is 0.361. The van der Waals surface area contributed by atoms with Crippen LogP contribution < -0.4 is 0 Å². The van der Waals surface area contributed by atoms with E-state index in [-0.39, 0.29) is 0 Å². The number of rotatable bonds is 4. The normalized spacial score (nSPS) is 11.8. The highest BCUT2D eigenvalue weighted by atomic mass is 16.1. The molecule has 0 aliphatic heterocycles. The summed E-state index contributed by atoms with van der Waals surface area (Å²) in [5.41, 5.74) is 3.05. The SMILES string of the molecule is C=C/C(=C(\[C]=O)c1ccc2ccccc2n1)c1ccccn1. The molecule has 0 atom stereocenters. The van der Waals surface area contributed by atoms with Crippen LogP contribution in [-0.2, 0) is 4.79 Å². The fraction of sp³-hybridized carbons (Fsp3) is 0. The number of benzene rings is 1. The van der Waals surface area contributed by atoms with E-state index in [1.807, 2.05) is 60.9 Å². The second-order valence-electron chi connectivity index (χ2n) is 4.70. The van der Waals surface area contributed by atoms with Crippen LogP contribution in [0.25, 0.3) is 22.0 Å². The van der Waals surface area contributed by atoms with Gasteiger partial charge in [0.05, 0.1) is 22.5 Å². The second kappa shape index (κ2) is 6.14. The van der Waals surface area contributed by atoms with E-state index in [9.17, 15) is 4.79 Å². The first-order valence-electron chi connectivity index (χ1n) is 6.86. The van der Waals surface area contributed by atoms with Gasteiger partial charge >= 0.3 is 0 Å². The first-order chi connectivity index (χ1) is 10.8. The lowest BCUT2D eigenvalue weighted by molar-refractivity contribution is 0.565. The molecule has 3 aromatic rings. The molecule has 2 heterocycles. The summed E-state index contributed by atoms with van der Waals surface area (Å²) in [6.07, 6.45) is 5.27. The number of fused-ring (bicyclic) bond motifs is 1. The van der Waals surface area contributed by atoms with Crippen LogP contribution in [0.2, 0.25) is 0 Å². The van der Waals surface area contributed by atoms with Crippen molar-refractivity contribution in [2.75, 3.05) is 0 Å². The van der Waals surface area contributed by atoms with Gasteiger partial charge in [0.2, 0.25) is 6.29 Å². The number of hydrogen-bond acceptors (Lipinski definition) is 3. The van der Waals surface area contributed by atoms with Crippen molar-refractivity contribution in [3.05, 3.63) is 84.8 Å². The summed E-state index contributed by atoms with van der Waals surface area (Å²) in [6.45, 7) is 3.79. The zero-order valence-corrected chi connectivity index (χ0v) is 11.9. The Kier molecular flexibility index (Phi) is 3.88.